The summed E-state index contributed by atoms with van der Waals surface area (Å²) in [5.74, 6) is -0.227. The van der Waals surface area contributed by atoms with Crippen LogP contribution in [0.5, 0.6) is 0 Å². The van der Waals surface area contributed by atoms with E-state index >= 15 is 0 Å². The summed E-state index contributed by atoms with van der Waals surface area (Å²) in [4.78, 5) is 7.46. The number of halogens is 3. The lowest BCUT2D eigenvalue weighted by Crippen LogP contribution is -2.00. The van der Waals surface area contributed by atoms with Gasteiger partial charge in [0.1, 0.15) is 5.82 Å². The van der Waals surface area contributed by atoms with Crippen molar-refractivity contribution in [3.05, 3.63) is 21.9 Å². The second-order valence-electron chi connectivity index (χ2n) is 2.63. The summed E-state index contributed by atoms with van der Waals surface area (Å²) in [6.07, 6.45) is 0. The zero-order valence-corrected chi connectivity index (χ0v) is 8.12. The monoisotopic (exact) mass is 208 g/mol. The van der Waals surface area contributed by atoms with Gasteiger partial charge in [-0.25, -0.2) is 14.4 Å². The van der Waals surface area contributed by atoms with E-state index in [1.54, 1.807) is 0 Å². The lowest BCUT2D eigenvalue weighted by atomic mass is 10.2. The van der Waals surface area contributed by atoms with E-state index in [2.05, 4.69) is 9.97 Å². The Morgan fingerprint density at radius 2 is 1.58 bits per heavy atom. The highest BCUT2D eigenvalue weighted by atomic mass is 35.5. The summed E-state index contributed by atoms with van der Waals surface area (Å²) >= 11 is 10.9. The summed E-state index contributed by atoms with van der Waals surface area (Å²) in [5, 5.41) is -0.447. The van der Waals surface area contributed by atoms with Crippen molar-refractivity contribution in [1.82, 2.24) is 9.97 Å². The first kappa shape index (κ1) is 9.68. The molecule has 0 aliphatic heterocycles. The maximum absolute atomic E-state index is 12.8. The molecule has 1 heterocycles. The first-order valence-electron chi connectivity index (χ1n) is 3.40. The minimum Gasteiger partial charge on any atom is -0.218 e. The predicted octanol–water partition coefficient (Wildman–Crippen LogP) is 3.05. The van der Waals surface area contributed by atoms with Gasteiger partial charge in [-0.15, -0.1) is 0 Å². The SMILES string of the molecule is CC(C)c1nc(Cl)c(F)c(Cl)n1. The van der Waals surface area contributed by atoms with Gasteiger partial charge in [0.25, 0.3) is 0 Å². The summed E-state index contributed by atoms with van der Waals surface area (Å²) < 4.78 is 12.8. The van der Waals surface area contributed by atoms with Crippen molar-refractivity contribution in [1.29, 1.82) is 0 Å². The maximum Gasteiger partial charge on any atom is 0.197 e. The Morgan fingerprint density at radius 3 is 1.92 bits per heavy atom. The van der Waals surface area contributed by atoms with Crippen LogP contribution in [0.25, 0.3) is 0 Å². The van der Waals surface area contributed by atoms with E-state index in [-0.39, 0.29) is 16.2 Å². The molecule has 0 unspecified atom stereocenters. The van der Waals surface area contributed by atoms with Gasteiger partial charge < -0.3 is 0 Å². The summed E-state index contributed by atoms with van der Waals surface area (Å²) in [5.41, 5.74) is 0. The Bertz CT molecular complexity index is 278. The number of hydrogen-bond donors (Lipinski definition) is 0. The molecule has 0 N–H and O–H groups in total. The van der Waals surface area contributed by atoms with E-state index in [0.29, 0.717) is 5.82 Å². The average Bonchev–Trinajstić information content (AvgIpc) is 1.99. The normalized spacial score (nSPS) is 10.8. The van der Waals surface area contributed by atoms with E-state index in [9.17, 15) is 4.39 Å². The van der Waals surface area contributed by atoms with Crippen LogP contribution in [0.2, 0.25) is 10.3 Å². The first-order valence-corrected chi connectivity index (χ1v) is 4.16. The Hall–Kier alpha value is -0.410. The molecule has 0 aliphatic carbocycles. The fourth-order valence-corrected chi connectivity index (χ4v) is 1.07. The molecule has 0 radical (unpaired) electrons. The highest BCUT2D eigenvalue weighted by Crippen LogP contribution is 2.21. The van der Waals surface area contributed by atoms with Gasteiger partial charge in [0, 0.05) is 5.92 Å². The zero-order chi connectivity index (χ0) is 9.30. The van der Waals surface area contributed by atoms with Gasteiger partial charge >= 0.3 is 0 Å². The third kappa shape index (κ3) is 1.84. The predicted molar refractivity (Wildman–Crippen MR) is 46.1 cm³/mol. The molecule has 0 aromatic carbocycles. The summed E-state index contributed by atoms with van der Waals surface area (Å²) in [6.45, 7) is 3.75. The molecular formula is C7H7Cl2FN2. The Kier molecular flexibility index (Phi) is 2.85. The molecule has 1 aromatic rings. The van der Waals surface area contributed by atoms with Crippen molar-refractivity contribution in [2.24, 2.45) is 0 Å². The topological polar surface area (TPSA) is 25.8 Å². The largest absolute Gasteiger partial charge is 0.218 e. The number of rotatable bonds is 1. The third-order valence-electron chi connectivity index (χ3n) is 1.30. The molecule has 1 rings (SSSR count). The Labute approximate surface area is 79.7 Å². The van der Waals surface area contributed by atoms with Gasteiger partial charge in [-0.3, -0.25) is 0 Å². The lowest BCUT2D eigenvalue weighted by Gasteiger charge is -2.04. The Morgan fingerprint density at radius 1 is 1.17 bits per heavy atom. The van der Waals surface area contributed by atoms with E-state index in [1.165, 1.54) is 0 Å². The average molecular weight is 209 g/mol. The van der Waals surface area contributed by atoms with E-state index in [1.807, 2.05) is 13.8 Å². The molecular weight excluding hydrogens is 202 g/mol. The lowest BCUT2D eigenvalue weighted by molar-refractivity contribution is 0.605. The van der Waals surface area contributed by atoms with Crippen LogP contribution >= 0.6 is 23.2 Å². The van der Waals surface area contributed by atoms with Gasteiger partial charge in [0.2, 0.25) is 0 Å². The molecule has 0 amide bonds. The van der Waals surface area contributed by atoms with E-state index in [0.717, 1.165) is 0 Å². The quantitative estimate of drug-likeness (QED) is 0.664. The smallest absolute Gasteiger partial charge is 0.197 e. The van der Waals surface area contributed by atoms with E-state index < -0.39 is 5.82 Å². The molecule has 0 saturated carbocycles. The number of hydrogen-bond acceptors (Lipinski definition) is 2. The second kappa shape index (κ2) is 3.54. The second-order valence-corrected chi connectivity index (χ2v) is 3.35. The van der Waals surface area contributed by atoms with Crippen LogP contribution in [0.3, 0.4) is 0 Å². The van der Waals surface area contributed by atoms with Crippen LogP contribution in [-0.4, -0.2) is 9.97 Å². The van der Waals surface area contributed by atoms with Crippen LogP contribution < -0.4 is 0 Å². The minimum atomic E-state index is -0.761. The number of aromatic nitrogens is 2. The molecule has 0 aliphatic rings. The van der Waals surface area contributed by atoms with Crippen molar-refractivity contribution >= 4 is 23.2 Å². The van der Waals surface area contributed by atoms with Crippen molar-refractivity contribution < 1.29 is 4.39 Å². The van der Waals surface area contributed by atoms with Gasteiger partial charge in [0.15, 0.2) is 16.1 Å². The highest BCUT2D eigenvalue weighted by Gasteiger charge is 2.12. The summed E-state index contributed by atoms with van der Waals surface area (Å²) in [7, 11) is 0. The van der Waals surface area contributed by atoms with Gasteiger partial charge in [0.05, 0.1) is 0 Å². The van der Waals surface area contributed by atoms with Crippen molar-refractivity contribution in [3.63, 3.8) is 0 Å². The van der Waals surface area contributed by atoms with Crippen molar-refractivity contribution in [2.75, 3.05) is 0 Å². The molecule has 0 fully saturated rings. The van der Waals surface area contributed by atoms with Crippen LogP contribution in [0.1, 0.15) is 25.6 Å². The molecule has 0 atom stereocenters. The molecule has 12 heavy (non-hydrogen) atoms. The van der Waals surface area contributed by atoms with Gasteiger partial charge in [-0.05, 0) is 0 Å². The standard InChI is InChI=1S/C7H7Cl2FN2/c1-3(2)7-11-5(8)4(10)6(9)12-7/h3H,1-2H3. The van der Waals surface area contributed by atoms with Gasteiger partial charge in [-0.1, -0.05) is 37.0 Å². The zero-order valence-electron chi connectivity index (χ0n) is 6.61. The van der Waals surface area contributed by atoms with Gasteiger partial charge in [-0.2, -0.15) is 0 Å². The van der Waals surface area contributed by atoms with Crippen molar-refractivity contribution in [3.8, 4) is 0 Å². The molecule has 66 valence electrons. The fourth-order valence-electron chi connectivity index (χ4n) is 0.668. The molecule has 2 nitrogen and oxygen atoms in total. The molecule has 0 spiro atoms. The minimum absolute atomic E-state index is 0.0839. The van der Waals surface area contributed by atoms with Crippen LogP contribution in [0.4, 0.5) is 4.39 Å². The number of nitrogens with zero attached hydrogens (tertiary/aromatic N) is 2. The molecule has 0 bridgehead atoms. The van der Waals surface area contributed by atoms with Crippen LogP contribution in [-0.2, 0) is 0 Å². The maximum atomic E-state index is 12.8. The van der Waals surface area contributed by atoms with Crippen LogP contribution in [0.15, 0.2) is 0 Å². The third-order valence-corrected chi connectivity index (χ3v) is 1.80. The Balaban J connectivity index is 3.21. The highest BCUT2D eigenvalue weighted by molar-refractivity contribution is 6.33. The van der Waals surface area contributed by atoms with Crippen molar-refractivity contribution in [2.45, 2.75) is 19.8 Å². The molecule has 0 saturated heterocycles. The molecule has 1 aromatic heterocycles. The fraction of sp³-hybridized carbons (Fsp3) is 0.429. The summed E-state index contributed by atoms with van der Waals surface area (Å²) in [6, 6.07) is 0. The first-order chi connectivity index (χ1) is 5.52. The van der Waals surface area contributed by atoms with Crippen LogP contribution in [0, 0.1) is 5.82 Å². The molecule has 5 heteroatoms. The van der Waals surface area contributed by atoms with E-state index in [4.69, 9.17) is 23.2 Å².